The van der Waals surface area contributed by atoms with Crippen molar-refractivity contribution in [1.82, 2.24) is 10.2 Å². The van der Waals surface area contributed by atoms with Crippen molar-refractivity contribution in [2.75, 3.05) is 26.7 Å². The predicted molar refractivity (Wildman–Crippen MR) is 102 cm³/mol. The van der Waals surface area contributed by atoms with E-state index in [1.54, 1.807) is 18.2 Å². The Morgan fingerprint density at radius 1 is 1.52 bits per heavy atom. The van der Waals surface area contributed by atoms with E-state index in [0.717, 1.165) is 17.8 Å². The second-order valence-corrected chi connectivity index (χ2v) is 6.60. The molecule has 2 aliphatic rings. The predicted octanol–water partition coefficient (Wildman–Crippen LogP) is 0.439. The SMILES string of the molecule is CNC(=CC=CN)CN1CC(Oc2ccc3c(c2C(=O)O)OB(O)CC3)C1. The summed E-state index contributed by atoms with van der Waals surface area (Å²) in [7, 11) is 0.865. The fraction of sp³-hybridized carbons (Fsp3) is 0.389. The zero-order valence-electron chi connectivity index (χ0n) is 15.2. The van der Waals surface area contributed by atoms with E-state index in [2.05, 4.69) is 10.2 Å². The van der Waals surface area contributed by atoms with Gasteiger partial charge >= 0.3 is 13.1 Å². The van der Waals surface area contributed by atoms with E-state index < -0.39 is 13.1 Å². The Balaban J connectivity index is 1.66. The molecule has 0 saturated carbocycles. The summed E-state index contributed by atoms with van der Waals surface area (Å²) in [4.78, 5) is 13.9. The van der Waals surface area contributed by atoms with Crippen LogP contribution in [0.2, 0.25) is 6.32 Å². The molecular formula is C18H24BN3O5. The average molecular weight is 373 g/mol. The molecule has 2 heterocycles. The number of nitrogens with two attached hydrogens (primary N) is 1. The van der Waals surface area contributed by atoms with Gasteiger partial charge in [-0.25, -0.2) is 4.79 Å². The number of rotatable bonds is 7. The summed E-state index contributed by atoms with van der Waals surface area (Å²) in [5.41, 5.74) is 7.13. The van der Waals surface area contributed by atoms with Crippen LogP contribution in [-0.2, 0) is 6.42 Å². The number of aryl methyl sites for hydroxylation is 1. The summed E-state index contributed by atoms with van der Waals surface area (Å²) in [6.07, 6.45) is 6.07. The number of nitrogens with one attached hydrogen (secondary N) is 1. The van der Waals surface area contributed by atoms with Gasteiger partial charge in [0.1, 0.15) is 23.2 Å². The van der Waals surface area contributed by atoms with Crippen LogP contribution in [0.5, 0.6) is 11.5 Å². The Kier molecular flexibility index (Phi) is 5.92. The molecule has 1 aromatic rings. The van der Waals surface area contributed by atoms with E-state index in [1.165, 1.54) is 6.20 Å². The Hall–Kier alpha value is -2.65. The van der Waals surface area contributed by atoms with Gasteiger partial charge in [0.05, 0.1) is 0 Å². The van der Waals surface area contributed by atoms with Gasteiger partial charge in [-0.15, -0.1) is 0 Å². The van der Waals surface area contributed by atoms with Crippen LogP contribution >= 0.6 is 0 Å². The van der Waals surface area contributed by atoms with E-state index in [0.29, 0.717) is 25.8 Å². The molecule has 8 nitrogen and oxygen atoms in total. The zero-order valence-corrected chi connectivity index (χ0v) is 15.2. The standard InChI is InChI=1S/C18H24BN3O5/c1-21-13(3-2-8-20)9-22-10-14(11-22)26-15-5-4-12-6-7-19(25)27-17(12)16(15)18(23)24/h2-5,8,14,21,25H,6-7,9-11,20H2,1H3,(H,23,24). The Morgan fingerprint density at radius 2 is 2.30 bits per heavy atom. The number of hydrogen-bond donors (Lipinski definition) is 4. The zero-order chi connectivity index (χ0) is 19.4. The summed E-state index contributed by atoms with van der Waals surface area (Å²) in [6, 6.07) is 3.48. The second-order valence-electron chi connectivity index (χ2n) is 6.60. The fourth-order valence-electron chi connectivity index (χ4n) is 3.25. The lowest BCUT2D eigenvalue weighted by molar-refractivity contribution is 0.0243. The molecule has 0 unspecified atom stereocenters. The number of hydrogen-bond acceptors (Lipinski definition) is 7. The molecule has 144 valence electrons. The number of carboxylic acid groups (broad SMARTS) is 1. The number of benzene rings is 1. The second kappa shape index (κ2) is 8.36. The maximum absolute atomic E-state index is 11.8. The monoisotopic (exact) mass is 373 g/mol. The minimum atomic E-state index is -1.12. The lowest BCUT2D eigenvalue weighted by Gasteiger charge is -2.39. The normalized spacial score (nSPS) is 18.0. The van der Waals surface area contributed by atoms with Crippen molar-refractivity contribution in [3.63, 3.8) is 0 Å². The van der Waals surface area contributed by atoms with Crippen LogP contribution in [0.4, 0.5) is 0 Å². The van der Waals surface area contributed by atoms with Gasteiger partial charge in [0, 0.05) is 32.4 Å². The number of fused-ring (bicyclic) bond motifs is 1. The molecule has 0 aliphatic carbocycles. The van der Waals surface area contributed by atoms with E-state index in [9.17, 15) is 14.9 Å². The highest BCUT2D eigenvalue weighted by molar-refractivity contribution is 6.44. The van der Waals surface area contributed by atoms with E-state index in [-0.39, 0.29) is 23.2 Å². The average Bonchev–Trinajstić information content (AvgIpc) is 2.61. The molecule has 9 heteroatoms. The highest BCUT2D eigenvalue weighted by Crippen LogP contribution is 2.37. The van der Waals surface area contributed by atoms with Gasteiger partial charge in [0.25, 0.3) is 0 Å². The van der Waals surface area contributed by atoms with E-state index in [4.69, 9.17) is 15.1 Å². The number of carbonyl (C=O) groups is 1. The van der Waals surface area contributed by atoms with Crippen LogP contribution in [-0.4, -0.2) is 60.9 Å². The third-order valence-corrected chi connectivity index (χ3v) is 4.67. The van der Waals surface area contributed by atoms with Crippen molar-refractivity contribution < 1.29 is 24.3 Å². The third kappa shape index (κ3) is 4.37. The van der Waals surface area contributed by atoms with Crippen molar-refractivity contribution >= 4 is 13.1 Å². The summed E-state index contributed by atoms with van der Waals surface area (Å²) in [5, 5.41) is 22.4. The molecule has 0 amide bonds. The summed E-state index contributed by atoms with van der Waals surface area (Å²) in [5.74, 6) is -0.638. The van der Waals surface area contributed by atoms with Gasteiger partial charge in [-0.2, -0.15) is 0 Å². The third-order valence-electron chi connectivity index (χ3n) is 4.67. The number of nitrogens with zero attached hydrogens (tertiary/aromatic N) is 1. The van der Waals surface area contributed by atoms with Crippen LogP contribution < -0.4 is 20.4 Å². The molecule has 0 bridgehead atoms. The van der Waals surface area contributed by atoms with Gasteiger partial charge in [0.15, 0.2) is 0 Å². The maximum atomic E-state index is 11.8. The molecule has 5 N–H and O–H groups in total. The quantitative estimate of drug-likeness (QED) is 0.402. The first-order chi connectivity index (χ1) is 13.0. The highest BCUT2D eigenvalue weighted by atomic mass is 16.5. The van der Waals surface area contributed by atoms with E-state index >= 15 is 0 Å². The summed E-state index contributed by atoms with van der Waals surface area (Å²) >= 11 is 0. The summed E-state index contributed by atoms with van der Waals surface area (Å²) < 4.78 is 11.3. The Labute approximate surface area is 158 Å². The molecule has 1 aromatic carbocycles. The lowest BCUT2D eigenvalue weighted by atomic mass is 9.78. The molecule has 0 atom stereocenters. The number of likely N-dealkylation sites (tertiary alicyclic amines) is 1. The largest absolute Gasteiger partial charge is 0.535 e. The van der Waals surface area contributed by atoms with Crippen LogP contribution in [0, 0.1) is 0 Å². The molecule has 0 aromatic heterocycles. The van der Waals surface area contributed by atoms with Gasteiger partial charge in [-0.05, 0) is 42.7 Å². The number of allylic oxidation sites excluding steroid dienone is 2. The number of carboxylic acids is 1. The molecule has 3 rings (SSSR count). The minimum Gasteiger partial charge on any atom is -0.535 e. The van der Waals surface area contributed by atoms with Gasteiger partial charge < -0.3 is 30.6 Å². The summed E-state index contributed by atoms with van der Waals surface area (Å²) in [6.45, 7) is 2.10. The topological polar surface area (TPSA) is 117 Å². The van der Waals surface area contributed by atoms with E-state index in [1.807, 2.05) is 13.1 Å². The van der Waals surface area contributed by atoms with Crippen LogP contribution in [0.15, 0.2) is 36.2 Å². The smallest absolute Gasteiger partial charge is 0.522 e. The Bertz CT molecular complexity index is 762. The fourth-order valence-corrected chi connectivity index (χ4v) is 3.25. The van der Waals surface area contributed by atoms with Gasteiger partial charge in [-0.1, -0.05) is 6.07 Å². The Morgan fingerprint density at radius 3 is 2.96 bits per heavy atom. The van der Waals surface area contributed by atoms with Crippen molar-refractivity contribution in [2.45, 2.75) is 18.8 Å². The first-order valence-electron chi connectivity index (χ1n) is 8.90. The van der Waals surface area contributed by atoms with Crippen molar-refractivity contribution in [2.24, 2.45) is 5.73 Å². The van der Waals surface area contributed by atoms with Gasteiger partial charge in [0.2, 0.25) is 0 Å². The molecule has 0 spiro atoms. The van der Waals surface area contributed by atoms with Crippen molar-refractivity contribution in [1.29, 1.82) is 0 Å². The first-order valence-corrected chi connectivity index (χ1v) is 8.90. The molecule has 1 fully saturated rings. The lowest BCUT2D eigenvalue weighted by Crippen LogP contribution is -2.54. The van der Waals surface area contributed by atoms with Crippen molar-refractivity contribution in [3.8, 4) is 11.5 Å². The minimum absolute atomic E-state index is 0.0198. The first kappa shape index (κ1) is 19.1. The van der Waals surface area contributed by atoms with Crippen molar-refractivity contribution in [3.05, 3.63) is 47.3 Å². The molecular weight excluding hydrogens is 349 g/mol. The molecule has 2 aliphatic heterocycles. The molecule has 0 radical (unpaired) electrons. The molecule has 27 heavy (non-hydrogen) atoms. The number of aromatic carboxylic acids is 1. The maximum Gasteiger partial charge on any atom is 0.522 e. The molecule has 1 saturated heterocycles. The highest BCUT2D eigenvalue weighted by Gasteiger charge is 2.33. The van der Waals surface area contributed by atoms with Crippen LogP contribution in [0.25, 0.3) is 0 Å². The van der Waals surface area contributed by atoms with Crippen LogP contribution in [0.3, 0.4) is 0 Å². The van der Waals surface area contributed by atoms with Gasteiger partial charge in [-0.3, -0.25) is 4.90 Å². The number of ether oxygens (including phenoxy) is 1. The van der Waals surface area contributed by atoms with Crippen LogP contribution in [0.1, 0.15) is 15.9 Å². The number of likely N-dealkylation sites (N-methyl/N-ethyl adjacent to an activating group) is 1.